The summed E-state index contributed by atoms with van der Waals surface area (Å²) in [4.78, 5) is 25.1. The lowest BCUT2D eigenvalue weighted by Crippen LogP contribution is -2.31. The van der Waals surface area contributed by atoms with Crippen LogP contribution >= 0.6 is 0 Å². The van der Waals surface area contributed by atoms with Crippen molar-refractivity contribution >= 4 is 23.3 Å². The Morgan fingerprint density at radius 2 is 1.74 bits per heavy atom. The number of aromatic nitrogens is 1. The minimum absolute atomic E-state index is 0.0278. The number of para-hydroxylation sites is 1. The van der Waals surface area contributed by atoms with E-state index in [0.29, 0.717) is 29.5 Å². The number of carbonyl (C=O) groups excluding carboxylic acids is 2. The van der Waals surface area contributed by atoms with Gasteiger partial charge in [-0.2, -0.15) is 0 Å². The van der Waals surface area contributed by atoms with Crippen molar-refractivity contribution in [3.8, 4) is 0 Å². The highest BCUT2D eigenvalue weighted by Crippen LogP contribution is 2.22. The molecule has 3 rings (SSSR count). The molecular formula is C27H35N5O3. The molecule has 0 saturated heterocycles. The molecule has 8 heteroatoms. The van der Waals surface area contributed by atoms with Crippen LogP contribution in [0, 0.1) is 12.8 Å². The van der Waals surface area contributed by atoms with Gasteiger partial charge in [0.25, 0.3) is 0 Å². The lowest BCUT2D eigenvalue weighted by Gasteiger charge is -2.18. The molecule has 8 nitrogen and oxygen atoms in total. The van der Waals surface area contributed by atoms with Gasteiger partial charge in [-0.15, -0.1) is 0 Å². The Balaban J connectivity index is 1.56. The van der Waals surface area contributed by atoms with Crippen molar-refractivity contribution in [1.29, 1.82) is 0 Å². The second kappa shape index (κ2) is 12.2. The van der Waals surface area contributed by atoms with Crippen molar-refractivity contribution in [2.75, 3.05) is 10.6 Å². The van der Waals surface area contributed by atoms with E-state index in [1.807, 2.05) is 56.3 Å². The van der Waals surface area contributed by atoms with Gasteiger partial charge in [0, 0.05) is 29.9 Å². The largest absolute Gasteiger partial charge is 0.361 e. The number of nitrogens with zero attached hydrogens (tertiary/aromatic N) is 1. The maximum atomic E-state index is 12.8. The molecule has 0 aliphatic rings. The highest BCUT2D eigenvalue weighted by Gasteiger charge is 2.21. The van der Waals surface area contributed by atoms with Gasteiger partial charge in [0.15, 0.2) is 0 Å². The van der Waals surface area contributed by atoms with Gasteiger partial charge >= 0.3 is 6.03 Å². The average Bonchev–Trinajstić information content (AvgIpc) is 3.24. The number of aryl methyl sites for hydroxylation is 1. The molecule has 5 N–H and O–H groups in total. The first kappa shape index (κ1) is 26.0. The van der Waals surface area contributed by atoms with E-state index in [-0.39, 0.29) is 30.4 Å². The zero-order valence-electron chi connectivity index (χ0n) is 20.8. The van der Waals surface area contributed by atoms with E-state index < -0.39 is 0 Å². The third kappa shape index (κ3) is 8.26. The summed E-state index contributed by atoms with van der Waals surface area (Å²) < 4.78 is 5.41. The summed E-state index contributed by atoms with van der Waals surface area (Å²) in [5.41, 5.74) is 9.78. The third-order valence-corrected chi connectivity index (χ3v) is 5.47. The number of amides is 3. The fourth-order valence-electron chi connectivity index (χ4n) is 3.77. The summed E-state index contributed by atoms with van der Waals surface area (Å²) in [5, 5.41) is 12.9. The molecule has 2 aromatic carbocycles. The highest BCUT2D eigenvalue weighted by molar-refractivity contribution is 6.00. The maximum Gasteiger partial charge on any atom is 0.323 e. The van der Waals surface area contributed by atoms with E-state index in [1.54, 1.807) is 12.1 Å². The Hall–Kier alpha value is -3.65. The van der Waals surface area contributed by atoms with Gasteiger partial charge in [-0.3, -0.25) is 4.79 Å². The quantitative estimate of drug-likeness (QED) is 0.329. The lowest BCUT2D eigenvalue weighted by molar-refractivity contribution is -0.121. The minimum Gasteiger partial charge on any atom is -0.361 e. The molecular weight excluding hydrogens is 442 g/mol. The number of carbonyl (C=O) groups is 2. The van der Waals surface area contributed by atoms with Crippen molar-refractivity contribution in [1.82, 2.24) is 10.5 Å². The Bertz CT molecular complexity index is 1120. The number of hydrogen-bond acceptors (Lipinski definition) is 5. The number of urea groups is 1. The summed E-state index contributed by atoms with van der Waals surface area (Å²) in [6.45, 7) is 8.04. The Morgan fingerprint density at radius 3 is 2.40 bits per heavy atom. The number of rotatable bonds is 10. The highest BCUT2D eigenvalue weighted by atomic mass is 16.5. The summed E-state index contributed by atoms with van der Waals surface area (Å²) in [7, 11) is 0. The minimum atomic E-state index is -0.322. The van der Waals surface area contributed by atoms with E-state index >= 15 is 0 Å². The van der Waals surface area contributed by atoms with Crippen LogP contribution in [-0.4, -0.2) is 23.1 Å². The van der Waals surface area contributed by atoms with Crippen LogP contribution in [0.2, 0.25) is 0 Å². The molecule has 0 aliphatic heterocycles. The predicted molar refractivity (Wildman–Crippen MR) is 138 cm³/mol. The van der Waals surface area contributed by atoms with Crippen LogP contribution in [0.25, 0.3) is 0 Å². The molecule has 35 heavy (non-hydrogen) atoms. The maximum absolute atomic E-state index is 12.8. The van der Waals surface area contributed by atoms with Gasteiger partial charge in [-0.25, -0.2) is 4.79 Å². The zero-order chi connectivity index (χ0) is 25.4. The smallest absolute Gasteiger partial charge is 0.323 e. The lowest BCUT2D eigenvalue weighted by atomic mass is 10.00. The normalized spacial score (nSPS) is 12.7. The van der Waals surface area contributed by atoms with Crippen LogP contribution in [-0.2, 0) is 17.6 Å². The van der Waals surface area contributed by atoms with Crippen LogP contribution < -0.4 is 21.7 Å². The summed E-state index contributed by atoms with van der Waals surface area (Å²) in [5.74, 6) is 0.975. The Labute approximate surface area is 206 Å². The molecule has 2 atom stereocenters. The van der Waals surface area contributed by atoms with Gasteiger partial charge in [0.2, 0.25) is 5.91 Å². The van der Waals surface area contributed by atoms with Crippen LogP contribution in [0.1, 0.15) is 55.8 Å². The van der Waals surface area contributed by atoms with Gasteiger partial charge in [0.05, 0.1) is 12.5 Å². The fourth-order valence-corrected chi connectivity index (χ4v) is 3.77. The molecule has 2 unspecified atom stereocenters. The second-order valence-corrected chi connectivity index (χ2v) is 9.42. The van der Waals surface area contributed by atoms with E-state index in [9.17, 15) is 9.59 Å². The van der Waals surface area contributed by atoms with Crippen molar-refractivity contribution < 1.29 is 14.1 Å². The Morgan fingerprint density at radius 1 is 1.03 bits per heavy atom. The number of benzene rings is 2. The van der Waals surface area contributed by atoms with Gasteiger partial charge in [-0.1, -0.05) is 49.3 Å². The van der Waals surface area contributed by atoms with Crippen molar-refractivity contribution in [3.63, 3.8) is 0 Å². The number of anilines is 2. The van der Waals surface area contributed by atoms with Gasteiger partial charge in [0.1, 0.15) is 11.5 Å². The monoisotopic (exact) mass is 477 g/mol. The molecule has 0 spiro atoms. The van der Waals surface area contributed by atoms with Crippen LogP contribution in [0.3, 0.4) is 0 Å². The second-order valence-electron chi connectivity index (χ2n) is 9.42. The molecule has 1 heterocycles. The molecule has 0 aliphatic carbocycles. The number of hydrogen-bond donors (Lipinski definition) is 4. The first-order chi connectivity index (χ1) is 16.7. The van der Waals surface area contributed by atoms with Crippen LogP contribution in [0.5, 0.6) is 0 Å². The standard InChI is InChI=1S/C27H35N5O3/c1-17(2)13-24(25-16-22(35-32-25)14-19(4)28)30-26(33)15-20-9-11-21(12-10-20)29-27(34)31-23-8-6-5-7-18(23)3/h5-12,16-17,19,24H,13-15,28H2,1-4H3,(H,30,33)(H2,29,31,34). The Kier molecular flexibility index (Phi) is 9.03. The molecule has 0 saturated carbocycles. The number of nitrogens with two attached hydrogens (primary N) is 1. The van der Waals surface area contributed by atoms with Crippen molar-refractivity contribution in [3.05, 3.63) is 77.2 Å². The molecule has 0 radical (unpaired) electrons. The number of nitrogens with one attached hydrogen (secondary N) is 3. The van der Waals surface area contributed by atoms with Gasteiger partial charge < -0.3 is 26.2 Å². The van der Waals surface area contributed by atoms with Crippen LogP contribution in [0.15, 0.2) is 59.1 Å². The SMILES string of the molecule is Cc1ccccc1NC(=O)Nc1ccc(CC(=O)NC(CC(C)C)c2cc(CC(C)N)on2)cc1. The molecule has 0 bridgehead atoms. The molecule has 3 amide bonds. The van der Waals surface area contributed by atoms with Crippen LogP contribution in [0.4, 0.5) is 16.2 Å². The van der Waals surface area contributed by atoms with Crippen molar-refractivity contribution in [2.24, 2.45) is 11.7 Å². The van der Waals surface area contributed by atoms with E-state index in [0.717, 1.165) is 23.2 Å². The summed E-state index contributed by atoms with van der Waals surface area (Å²) in [6, 6.07) is 16.1. The first-order valence-electron chi connectivity index (χ1n) is 11.9. The third-order valence-electron chi connectivity index (χ3n) is 5.47. The topological polar surface area (TPSA) is 122 Å². The van der Waals surface area contributed by atoms with E-state index in [1.165, 1.54) is 0 Å². The molecule has 3 aromatic rings. The van der Waals surface area contributed by atoms with Crippen molar-refractivity contribution in [2.45, 2.75) is 59.0 Å². The summed E-state index contributed by atoms with van der Waals surface area (Å²) in [6.07, 6.45) is 1.56. The van der Waals surface area contributed by atoms with E-state index in [4.69, 9.17) is 10.3 Å². The summed E-state index contributed by atoms with van der Waals surface area (Å²) >= 11 is 0. The molecule has 1 aromatic heterocycles. The van der Waals surface area contributed by atoms with E-state index in [2.05, 4.69) is 35.0 Å². The average molecular weight is 478 g/mol. The van der Waals surface area contributed by atoms with Gasteiger partial charge in [-0.05, 0) is 55.5 Å². The molecule has 0 fully saturated rings. The first-order valence-corrected chi connectivity index (χ1v) is 11.9. The molecule has 186 valence electrons. The predicted octanol–water partition coefficient (Wildman–Crippen LogP) is 4.96. The zero-order valence-corrected chi connectivity index (χ0v) is 20.8. The fraction of sp³-hybridized carbons (Fsp3) is 0.370.